The third kappa shape index (κ3) is 6.08. The summed E-state index contributed by atoms with van der Waals surface area (Å²) in [6, 6.07) is 21.7. The Hall–Kier alpha value is -3.37. The maximum atomic E-state index is 12.9. The van der Waals surface area contributed by atoms with Gasteiger partial charge in [0.25, 0.3) is 0 Å². The lowest BCUT2D eigenvalue weighted by Crippen LogP contribution is -2.25. The smallest absolute Gasteiger partial charge is 0.232 e. The van der Waals surface area contributed by atoms with Gasteiger partial charge in [0.2, 0.25) is 5.91 Å². The Kier molecular flexibility index (Phi) is 7.85. The zero-order chi connectivity index (χ0) is 23.1. The number of hydrogen-bond donors (Lipinski definition) is 1. The highest BCUT2D eigenvalue weighted by molar-refractivity contribution is 6.30. The van der Waals surface area contributed by atoms with E-state index in [4.69, 9.17) is 16.3 Å². The second-order valence-electron chi connectivity index (χ2n) is 7.81. The summed E-state index contributed by atoms with van der Waals surface area (Å²) >= 11 is 5.98. The van der Waals surface area contributed by atoms with E-state index in [9.17, 15) is 9.59 Å². The molecule has 32 heavy (non-hydrogen) atoms. The number of hydrogen-bond acceptors (Lipinski definition) is 3. The van der Waals surface area contributed by atoms with E-state index in [0.717, 1.165) is 16.9 Å². The van der Waals surface area contributed by atoms with E-state index in [1.807, 2.05) is 50.2 Å². The highest BCUT2D eigenvalue weighted by atomic mass is 35.5. The Morgan fingerprint density at radius 2 is 1.53 bits per heavy atom. The lowest BCUT2D eigenvalue weighted by atomic mass is 9.87. The lowest BCUT2D eigenvalue weighted by molar-refractivity contribution is -0.118. The summed E-state index contributed by atoms with van der Waals surface area (Å²) < 4.78 is 5.13. The predicted molar refractivity (Wildman–Crippen MR) is 130 cm³/mol. The standard InChI is InChI=1S/C27H26ClNO3/c1-18(2)26(21-7-11-22(28)12-8-21)27(31)29-23-13-9-20(10-14-23)25(30)17-6-19-4-15-24(32-3)16-5-19/h4-18,26H,1-3H3,(H,29,31). The molecule has 0 radical (unpaired) electrons. The van der Waals surface area contributed by atoms with Crippen molar-refractivity contribution in [1.29, 1.82) is 0 Å². The average Bonchev–Trinajstić information content (AvgIpc) is 2.79. The number of rotatable bonds is 8. The predicted octanol–water partition coefficient (Wildman–Crippen LogP) is 6.62. The van der Waals surface area contributed by atoms with E-state index in [1.165, 1.54) is 6.08 Å². The van der Waals surface area contributed by atoms with Gasteiger partial charge in [-0.2, -0.15) is 0 Å². The first kappa shape index (κ1) is 23.3. The zero-order valence-corrected chi connectivity index (χ0v) is 19.1. The molecule has 0 saturated carbocycles. The van der Waals surface area contributed by atoms with Gasteiger partial charge in [0.1, 0.15) is 5.75 Å². The van der Waals surface area contributed by atoms with Crippen molar-refractivity contribution in [2.24, 2.45) is 5.92 Å². The number of anilines is 1. The zero-order valence-electron chi connectivity index (χ0n) is 18.3. The van der Waals surface area contributed by atoms with Crippen LogP contribution in [0.2, 0.25) is 5.02 Å². The van der Waals surface area contributed by atoms with E-state index in [2.05, 4.69) is 5.32 Å². The van der Waals surface area contributed by atoms with Crippen molar-refractivity contribution >= 4 is 35.1 Å². The molecular weight excluding hydrogens is 422 g/mol. The summed E-state index contributed by atoms with van der Waals surface area (Å²) in [7, 11) is 1.61. The summed E-state index contributed by atoms with van der Waals surface area (Å²) in [5.41, 5.74) is 3.01. The normalized spacial score (nSPS) is 12.0. The second kappa shape index (κ2) is 10.8. The second-order valence-corrected chi connectivity index (χ2v) is 8.25. The van der Waals surface area contributed by atoms with Crippen LogP contribution in [0.3, 0.4) is 0 Å². The molecule has 3 aromatic rings. The molecule has 164 valence electrons. The van der Waals surface area contributed by atoms with Crippen molar-refractivity contribution in [2.75, 3.05) is 12.4 Å². The molecule has 1 atom stereocenters. The minimum atomic E-state index is -0.305. The van der Waals surface area contributed by atoms with Crippen LogP contribution in [0, 0.1) is 5.92 Å². The molecule has 0 heterocycles. The van der Waals surface area contributed by atoms with Gasteiger partial charge >= 0.3 is 0 Å². The van der Waals surface area contributed by atoms with Crippen molar-refractivity contribution in [2.45, 2.75) is 19.8 Å². The fourth-order valence-electron chi connectivity index (χ4n) is 3.43. The minimum absolute atomic E-state index is 0.0965. The lowest BCUT2D eigenvalue weighted by Gasteiger charge is -2.21. The third-order valence-corrected chi connectivity index (χ3v) is 5.41. The molecular formula is C27H26ClNO3. The number of halogens is 1. The molecule has 0 saturated heterocycles. The fourth-order valence-corrected chi connectivity index (χ4v) is 3.56. The molecule has 1 amide bonds. The summed E-state index contributed by atoms with van der Waals surface area (Å²) in [4.78, 5) is 25.4. The van der Waals surface area contributed by atoms with Crippen molar-refractivity contribution in [3.8, 4) is 5.75 Å². The Bertz CT molecular complexity index is 1090. The van der Waals surface area contributed by atoms with Crippen LogP contribution in [0.5, 0.6) is 5.75 Å². The number of carbonyl (C=O) groups is 2. The molecule has 1 unspecified atom stereocenters. The maximum Gasteiger partial charge on any atom is 0.232 e. The molecule has 4 nitrogen and oxygen atoms in total. The van der Waals surface area contributed by atoms with Gasteiger partial charge in [-0.05, 0) is 71.7 Å². The number of ether oxygens (including phenoxy) is 1. The quantitative estimate of drug-likeness (QED) is 0.311. The van der Waals surface area contributed by atoms with Crippen LogP contribution in [0.25, 0.3) is 6.08 Å². The first-order chi connectivity index (χ1) is 15.4. The van der Waals surface area contributed by atoms with Gasteiger partial charge in [0.15, 0.2) is 5.78 Å². The van der Waals surface area contributed by atoms with E-state index in [1.54, 1.807) is 49.6 Å². The summed E-state index contributed by atoms with van der Waals surface area (Å²) in [5, 5.41) is 3.60. The van der Waals surface area contributed by atoms with Crippen LogP contribution >= 0.6 is 11.6 Å². The molecule has 0 aromatic heterocycles. The van der Waals surface area contributed by atoms with Crippen molar-refractivity contribution in [1.82, 2.24) is 0 Å². The first-order valence-corrected chi connectivity index (χ1v) is 10.8. The summed E-state index contributed by atoms with van der Waals surface area (Å²) in [5.74, 6) is 0.365. The van der Waals surface area contributed by atoms with Crippen LogP contribution in [0.1, 0.15) is 41.3 Å². The molecule has 0 spiro atoms. The van der Waals surface area contributed by atoms with Gasteiger partial charge < -0.3 is 10.1 Å². The molecule has 3 aromatic carbocycles. The van der Waals surface area contributed by atoms with Crippen molar-refractivity contribution < 1.29 is 14.3 Å². The number of methoxy groups -OCH3 is 1. The molecule has 0 fully saturated rings. The molecule has 0 aliphatic carbocycles. The molecule has 5 heteroatoms. The highest BCUT2D eigenvalue weighted by Crippen LogP contribution is 2.27. The molecule has 3 rings (SSSR count). The van der Waals surface area contributed by atoms with Crippen LogP contribution in [-0.4, -0.2) is 18.8 Å². The van der Waals surface area contributed by atoms with Gasteiger partial charge in [0.05, 0.1) is 13.0 Å². The van der Waals surface area contributed by atoms with Gasteiger partial charge in [-0.1, -0.05) is 55.8 Å². The number of carbonyl (C=O) groups excluding carboxylic acids is 2. The number of allylic oxidation sites excluding steroid dienone is 1. The Balaban J connectivity index is 1.66. The average molecular weight is 448 g/mol. The van der Waals surface area contributed by atoms with Gasteiger partial charge in [-0.15, -0.1) is 0 Å². The summed E-state index contributed by atoms with van der Waals surface area (Å²) in [6.45, 7) is 4.02. The van der Waals surface area contributed by atoms with Gasteiger partial charge in [-0.25, -0.2) is 0 Å². The van der Waals surface area contributed by atoms with Crippen LogP contribution in [0.15, 0.2) is 78.9 Å². The van der Waals surface area contributed by atoms with E-state index in [-0.39, 0.29) is 23.5 Å². The largest absolute Gasteiger partial charge is 0.497 e. The van der Waals surface area contributed by atoms with E-state index >= 15 is 0 Å². The number of benzene rings is 3. The maximum absolute atomic E-state index is 12.9. The number of amides is 1. The van der Waals surface area contributed by atoms with Crippen LogP contribution < -0.4 is 10.1 Å². The number of nitrogens with one attached hydrogen (secondary N) is 1. The minimum Gasteiger partial charge on any atom is -0.497 e. The van der Waals surface area contributed by atoms with Gasteiger partial charge in [-0.3, -0.25) is 9.59 Å². The topological polar surface area (TPSA) is 55.4 Å². The molecule has 0 aliphatic rings. The molecule has 1 N–H and O–H groups in total. The van der Waals surface area contributed by atoms with Crippen molar-refractivity contribution in [3.63, 3.8) is 0 Å². The first-order valence-electron chi connectivity index (χ1n) is 10.4. The Morgan fingerprint density at radius 1 is 0.906 bits per heavy atom. The Morgan fingerprint density at radius 3 is 2.09 bits per heavy atom. The highest BCUT2D eigenvalue weighted by Gasteiger charge is 2.24. The monoisotopic (exact) mass is 447 g/mol. The molecule has 0 bridgehead atoms. The van der Waals surface area contributed by atoms with Gasteiger partial charge in [0, 0.05) is 16.3 Å². The van der Waals surface area contributed by atoms with Crippen LogP contribution in [-0.2, 0) is 4.79 Å². The van der Waals surface area contributed by atoms with Crippen LogP contribution in [0.4, 0.5) is 5.69 Å². The third-order valence-electron chi connectivity index (χ3n) is 5.16. The van der Waals surface area contributed by atoms with E-state index in [0.29, 0.717) is 16.3 Å². The molecule has 0 aliphatic heterocycles. The van der Waals surface area contributed by atoms with Crippen molar-refractivity contribution in [3.05, 3.63) is 101 Å². The summed E-state index contributed by atoms with van der Waals surface area (Å²) in [6.07, 6.45) is 3.29. The number of ketones is 1. The Labute approximate surface area is 193 Å². The van der Waals surface area contributed by atoms with E-state index < -0.39 is 0 Å². The fraction of sp³-hybridized carbons (Fsp3) is 0.185. The SMILES string of the molecule is COc1ccc(C=CC(=O)c2ccc(NC(=O)C(c3ccc(Cl)cc3)C(C)C)cc2)cc1.